The van der Waals surface area contributed by atoms with Crippen molar-refractivity contribution in [3.63, 3.8) is 0 Å². The number of amides is 1. The minimum absolute atomic E-state index is 0.176. The van der Waals surface area contributed by atoms with Gasteiger partial charge in [0.25, 0.3) is 5.91 Å². The van der Waals surface area contributed by atoms with Gasteiger partial charge in [-0.3, -0.25) is 9.59 Å². The standard InChI is InChI=1S/C12H13BrClNO4/c1-12(19,5-10(16)17)6-15-11(18)8-3-2-7(13)4-9(8)14/h2-4,19H,5-6H2,1H3,(H,15,18)(H,16,17). The van der Waals surface area contributed by atoms with Crippen LogP contribution in [0.5, 0.6) is 0 Å². The maximum absolute atomic E-state index is 11.8. The molecule has 0 aliphatic carbocycles. The lowest BCUT2D eigenvalue weighted by atomic mass is 10.0. The number of aliphatic carboxylic acids is 1. The van der Waals surface area contributed by atoms with Crippen molar-refractivity contribution in [2.75, 3.05) is 6.54 Å². The van der Waals surface area contributed by atoms with E-state index in [-0.39, 0.29) is 17.1 Å². The zero-order valence-corrected chi connectivity index (χ0v) is 12.5. The summed E-state index contributed by atoms with van der Waals surface area (Å²) in [7, 11) is 0. The molecule has 19 heavy (non-hydrogen) atoms. The lowest BCUT2D eigenvalue weighted by Crippen LogP contribution is -2.42. The van der Waals surface area contributed by atoms with Crippen LogP contribution in [0.2, 0.25) is 5.02 Å². The van der Waals surface area contributed by atoms with Crippen LogP contribution in [0.1, 0.15) is 23.7 Å². The van der Waals surface area contributed by atoms with Crippen molar-refractivity contribution in [3.8, 4) is 0 Å². The predicted octanol–water partition coefficient (Wildman–Crippen LogP) is 2.06. The monoisotopic (exact) mass is 349 g/mol. The molecular formula is C12H13BrClNO4. The Kier molecular flexibility index (Phi) is 5.34. The number of nitrogens with one attached hydrogen (secondary N) is 1. The highest BCUT2D eigenvalue weighted by atomic mass is 79.9. The van der Waals surface area contributed by atoms with E-state index < -0.39 is 23.9 Å². The predicted molar refractivity (Wildman–Crippen MR) is 74.4 cm³/mol. The van der Waals surface area contributed by atoms with E-state index in [9.17, 15) is 14.7 Å². The molecule has 0 aliphatic rings. The first kappa shape index (κ1) is 15.9. The van der Waals surface area contributed by atoms with E-state index in [1.54, 1.807) is 12.1 Å². The van der Waals surface area contributed by atoms with Crippen LogP contribution < -0.4 is 5.32 Å². The number of benzene rings is 1. The Morgan fingerprint density at radius 2 is 2.11 bits per heavy atom. The van der Waals surface area contributed by atoms with Crippen molar-refractivity contribution in [1.29, 1.82) is 0 Å². The van der Waals surface area contributed by atoms with Gasteiger partial charge in [-0.2, -0.15) is 0 Å². The summed E-state index contributed by atoms with van der Waals surface area (Å²) in [6.45, 7) is 1.16. The summed E-state index contributed by atoms with van der Waals surface area (Å²) >= 11 is 9.13. The van der Waals surface area contributed by atoms with Gasteiger partial charge in [-0.15, -0.1) is 0 Å². The van der Waals surface area contributed by atoms with Crippen molar-refractivity contribution in [2.24, 2.45) is 0 Å². The van der Waals surface area contributed by atoms with E-state index in [1.807, 2.05) is 0 Å². The van der Waals surface area contributed by atoms with E-state index >= 15 is 0 Å². The van der Waals surface area contributed by atoms with Gasteiger partial charge in [0.2, 0.25) is 0 Å². The fourth-order valence-corrected chi connectivity index (χ4v) is 2.19. The van der Waals surface area contributed by atoms with Gasteiger partial charge >= 0.3 is 5.97 Å². The molecule has 0 aliphatic heterocycles. The fraction of sp³-hybridized carbons (Fsp3) is 0.333. The maximum atomic E-state index is 11.8. The number of carbonyl (C=O) groups is 2. The molecule has 104 valence electrons. The first-order valence-electron chi connectivity index (χ1n) is 5.39. The van der Waals surface area contributed by atoms with Gasteiger partial charge in [-0.1, -0.05) is 27.5 Å². The van der Waals surface area contributed by atoms with Crippen LogP contribution in [-0.2, 0) is 4.79 Å². The number of carbonyl (C=O) groups excluding carboxylic acids is 1. The van der Waals surface area contributed by atoms with Crippen LogP contribution in [0.3, 0.4) is 0 Å². The molecule has 1 aromatic carbocycles. The largest absolute Gasteiger partial charge is 0.481 e. The van der Waals surface area contributed by atoms with Crippen molar-refractivity contribution >= 4 is 39.4 Å². The Bertz CT molecular complexity index is 505. The van der Waals surface area contributed by atoms with Crippen LogP contribution in [0.15, 0.2) is 22.7 Å². The van der Waals surface area contributed by atoms with Crippen LogP contribution in [0.4, 0.5) is 0 Å². The number of halogens is 2. The number of hydrogen-bond donors (Lipinski definition) is 3. The zero-order valence-electron chi connectivity index (χ0n) is 10.1. The Balaban J connectivity index is 2.68. The molecule has 0 bridgehead atoms. The molecule has 0 saturated heterocycles. The van der Waals surface area contributed by atoms with Crippen LogP contribution in [0, 0.1) is 0 Å². The van der Waals surface area contributed by atoms with Gasteiger partial charge in [0, 0.05) is 11.0 Å². The summed E-state index contributed by atoms with van der Waals surface area (Å²) in [5, 5.41) is 21.1. The summed E-state index contributed by atoms with van der Waals surface area (Å²) in [4.78, 5) is 22.4. The Labute approximate surface area is 123 Å². The van der Waals surface area contributed by atoms with Gasteiger partial charge in [-0.25, -0.2) is 0 Å². The third-order valence-corrected chi connectivity index (χ3v) is 3.14. The number of carboxylic acids is 1. The number of rotatable bonds is 5. The van der Waals surface area contributed by atoms with Crippen molar-refractivity contribution in [2.45, 2.75) is 18.9 Å². The third kappa shape index (κ3) is 5.18. The quantitative estimate of drug-likeness (QED) is 0.758. The SMILES string of the molecule is CC(O)(CNC(=O)c1ccc(Br)cc1Cl)CC(=O)O. The van der Waals surface area contributed by atoms with E-state index in [0.29, 0.717) is 0 Å². The molecule has 0 radical (unpaired) electrons. The topological polar surface area (TPSA) is 86.6 Å². The lowest BCUT2D eigenvalue weighted by Gasteiger charge is -2.21. The second kappa shape index (κ2) is 6.36. The number of hydrogen-bond acceptors (Lipinski definition) is 3. The molecule has 3 N–H and O–H groups in total. The third-order valence-electron chi connectivity index (χ3n) is 2.34. The minimum atomic E-state index is -1.51. The average Bonchev–Trinajstić information content (AvgIpc) is 2.24. The molecular weight excluding hydrogens is 337 g/mol. The first-order chi connectivity index (χ1) is 8.71. The van der Waals surface area contributed by atoms with Crippen LogP contribution >= 0.6 is 27.5 Å². The molecule has 5 nitrogen and oxygen atoms in total. The van der Waals surface area contributed by atoms with Crippen LogP contribution in [0.25, 0.3) is 0 Å². The molecule has 0 aromatic heterocycles. The molecule has 7 heteroatoms. The smallest absolute Gasteiger partial charge is 0.306 e. The highest BCUT2D eigenvalue weighted by Gasteiger charge is 2.25. The summed E-state index contributed by atoms with van der Waals surface area (Å²) in [5.74, 6) is -1.61. The molecule has 1 rings (SSSR count). The molecule has 0 heterocycles. The zero-order chi connectivity index (χ0) is 14.6. The Hall–Kier alpha value is -1.11. The van der Waals surface area contributed by atoms with Gasteiger partial charge in [0.1, 0.15) is 0 Å². The molecule has 0 spiro atoms. The molecule has 0 fully saturated rings. The Morgan fingerprint density at radius 3 is 2.63 bits per heavy atom. The normalized spacial score (nSPS) is 13.7. The van der Waals surface area contributed by atoms with Crippen molar-refractivity contribution < 1.29 is 19.8 Å². The summed E-state index contributed by atoms with van der Waals surface area (Å²) < 4.78 is 0.743. The summed E-state index contributed by atoms with van der Waals surface area (Å²) in [6.07, 6.45) is -0.457. The second-order valence-electron chi connectivity index (χ2n) is 4.37. The molecule has 1 atom stereocenters. The second-order valence-corrected chi connectivity index (χ2v) is 5.70. The van der Waals surface area contributed by atoms with E-state index in [1.165, 1.54) is 13.0 Å². The highest BCUT2D eigenvalue weighted by molar-refractivity contribution is 9.10. The summed E-state index contributed by atoms with van der Waals surface area (Å²) in [6, 6.07) is 4.77. The maximum Gasteiger partial charge on any atom is 0.306 e. The first-order valence-corrected chi connectivity index (χ1v) is 6.56. The Morgan fingerprint density at radius 1 is 1.47 bits per heavy atom. The van der Waals surface area contributed by atoms with Gasteiger partial charge in [0.05, 0.1) is 22.6 Å². The number of aliphatic hydroxyl groups is 1. The van der Waals surface area contributed by atoms with Crippen molar-refractivity contribution in [3.05, 3.63) is 33.3 Å². The van der Waals surface area contributed by atoms with Gasteiger partial charge < -0.3 is 15.5 Å². The molecule has 1 unspecified atom stereocenters. The fourth-order valence-electron chi connectivity index (χ4n) is 1.43. The van der Waals surface area contributed by atoms with E-state index in [2.05, 4.69) is 21.2 Å². The summed E-state index contributed by atoms with van der Waals surface area (Å²) in [5.41, 5.74) is -1.25. The van der Waals surface area contributed by atoms with E-state index in [0.717, 1.165) is 4.47 Å². The average molecular weight is 351 g/mol. The van der Waals surface area contributed by atoms with Crippen LogP contribution in [-0.4, -0.2) is 34.2 Å². The highest BCUT2D eigenvalue weighted by Crippen LogP contribution is 2.21. The van der Waals surface area contributed by atoms with E-state index in [4.69, 9.17) is 16.7 Å². The van der Waals surface area contributed by atoms with Gasteiger partial charge in [-0.05, 0) is 25.1 Å². The number of carboxylic acid groups (broad SMARTS) is 1. The lowest BCUT2D eigenvalue weighted by molar-refractivity contribution is -0.141. The van der Waals surface area contributed by atoms with Crippen molar-refractivity contribution in [1.82, 2.24) is 5.32 Å². The molecule has 0 saturated carbocycles. The molecule has 1 amide bonds. The van der Waals surface area contributed by atoms with Gasteiger partial charge in [0.15, 0.2) is 0 Å². The minimum Gasteiger partial charge on any atom is -0.481 e. The molecule has 1 aromatic rings.